The molecule has 6 heteroatoms. The predicted molar refractivity (Wildman–Crippen MR) is 62.4 cm³/mol. The van der Waals surface area contributed by atoms with Gasteiger partial charge in [-0.3, -0.25) is 0 Å². The largest absolute Gasteiger partial charge is 0.487 e. The maximum atomic E-state index is 13.1. The average Bonchev–Trinajstić information content (AvgIpc) is 2.73. The van der Waals surface area contributed by atoms with Crippen LogP contribution in [0.2, 0.25) is 0 Å². The maximum Gasteiger partial charge on any atom is 0.145 e. The van der Waals surface area contributed by atoms with Crippen LogP contribution >= 0.6 is 0 Å². The molecule has 0 bridgehead atoms. The minimum Gasteiger partial charge on any atom is -0.487 e. The van der Waals surface area contributed by atoms with Gasteiger partial charge in [0.25, 0.3) is 0 Å². The Hall–Kier alpha value is -1.95. The number of halogens is 1. The quantitative estimate of drug-likeness (QED) is 0.900. The second-order valence-electron chi connectivity index (χ2n) is 4.06. The number of aryl methyl sites for hydroxylation is 1. The highest BCUT2D eigenvalue weighted by Gasteiger charge is 2.12. The molecule has 0 amide bonds. The summed E-state index contributed by atoms with van der Waals surface area (Å²) in [6.07, 6.45) is 0. The molecule has 0 aliphatic rings. The van der Waals surface area contributed by atoms with E-state index in [-0.39, 0.29) is 18.5 Å². The van der Waals surface area contributed by atoms with E-state index < -0.39 is 0 Å². The standard InChI is InChI=1S/C12H14FN3O2/c1-7(14)10-5-9(13)3-4-12(10)17-6-11-8(2)15-18-16-11/h3-5,7H,6,14H2,1-2H3/t7-/m0/s1. The van der Waals surface area contributed by atoms with Crippen LogP contribution in [0.15, 0.2) is 22.8 Å². The second-order valence-corrected chi connectivity index (χ2v) is 4.06. The molecule has 0 radical (unpaired) electrons. The van der Waals surface area contributed by atoms with Gasteiger partial charge in [-0.15, -0.1) is 0 Å². The number of nitrogens with zero attached hydrogens (tertiary/aromatic N) is 2. The third kappa shape index (κ3) is 2.65. The van der Waals surface area contributed by atoms with Crippen molar-refractivity contribution >= 4 is 0 Å². The summed E-state index contributed by atoms with van der Waals surface area (Å²) in [6.45, 7) is 3.75. The van der Waals surface area contributed by atoms with Gasteiger partial charge in [-0.1, -0.05) is 10.3 Å². The third-order valence-electron chi connectivity index (χ3n) is 2.57. The molecule has 1 atom stereocenters. The zero-order chi connectivity index (χ0) is 13.1. The van der Waals surface area contributed by atoms with Crippen LogP contribution < -0.4 is 10.5 Å². The van der Waals surface area contributed by atoms with E-state index in [0.29, 0.717) is 22.7 Å². The Morgan fingerprint density at radius 3 is 2.83 bits per heavy atom. The first-order valence-electron chi connectivity index (χ1n) is 5.54. The Balaban J connectivity index is 2.16. The van der Waals surface area contributed by atoms with Crippen molar-refractivity contribution in [1.29, 1.82) is 0 Å². The number of nitrogens with two attached hydrogens (primary N) is 1. The van der Waals surface area contributed by atoms with E-state index >= 15 is 0 Å². The predicted octanol–water partition coefficient (Wildman–Crippen LogP) is 2.12. The maximum absolute atomic E-state index is 13.1. The Kier molecular flexibility index (Phi) is 3.57. The van der Waals surface area contributed by atoms with E-state index in [4.69, 9.17) is 10.5 Å². The fraction of sp³-hybridized carbons (Fsp3) is 0.333. The molecule has 0 unspecified atom stereocenters. The van der Waals surface area contributed by atoms with Gasteiger partial charge < -0.3 is 10.5 Å². The molecule has 0 saturated carbocycles. The van der Waals surface area contributed by atoms with Gasteiger partial charge in [0.05, 0.1) is 0 Å². The van der Waals surface area contributed by atoms with Crippen LogP contribution in [0.3, 0.4) is 0 Å². The molecule has 0 spiro atoms. The van der Waals surface area contributed by atoms with Crippen molar-refractivity contribution in [3.63, 3.8) is 0 Å². The molecule has 96 valence electrons. The summed E-state index contributed by atoms with van der Waals surface area (Å²) in [5.74, 6) is 0.197. The smallest absolute Gasteiger partial charge is 0.145 e. The van der Waals surface area contributed by atoms with E-state index in [9.17, 15) is 4.39 Å². The van der Waals surface area contributed by atoms with Gasteiger partial charge >= 0.3 is 0 Å². The van der Waals surface area contributed by atoms with Crippen molar-refractivity contribution in [1.82, 2.24) is 10.3 Å². The molecule has 0 saturated heterocycles. The summed E-state index contributed by atoms with van der Waals surface area (Å²) in [5, 5.41) is 7.36. The molecule has 1 aromatic heterocycles. The molecule has 0 aliphatic heterocycles. The summed E-state index contributed by atoms with van der Waals surface area (Å²) in [5.41, 5.74) is 7.66. The van der Waals surface area contributed by atoms with E-state index in [0.717, 1.165) is 0 Å². The third-order valence-corrected chi connectivity index (χ3v) is 2.57. The van der Waals surface area contributed by atoms with Crippen LogP contribution in [0.1, 0.15) is 29.9 Å². The van der Waals surface area contributed by atoms with Crippen LogP contribution in [0.5, 0.6) is 5.75 Å². The normalized spacial score (nSPS) is 12.4. The number of ether oxygens (including phenoxy) is 1. The lowest BCUT2D eigenvalue weighted by Crippen LogP contribution is -2.09. The second kappa shape index (κ2) is 5.14. The first-order valence-corrected chi connectivity index (χ1v) is 5.54. The van der Waals surface area contributed by atoms with Crippen molar-refractivity contribution in [2.45, 2.75) is 26.5 Å². The minimum atomic E-state index is -0.339. The molecule has 0 fully saturated rings. The molecular weight excluding hydrogens is 237 g/mol. The molecule has 2 N–H and O–H groups in total. The highest BCUT2D eigenvalue weighted by atomic mass is 19.1. The monoisotopic (exact) mass is 251 g/mol. The van der Waals surface area contributed by atoms with Crippen LogP contribution in [-0.2, 0) is 6.61 Å². The van der Waals surface area contributed by atoms with Crippen molar-refractivity contribution in [3.05, 3.63) is 41.0 Å². The van der Waals surface area contributed by atoms with E-state index in [2.05, 4.69) is 14.9 Å². The van der Waals surface area contributed by atoms with Crippen molar-refractivity contribution < 1.29 is 13.8 Å². The molecule has 1 heterocycles. The molecule has 2 aromatic rings. The van der Waals surface area contributed by atoms with Crippen LogP contribution in [-0.4, -0.2) is 10.3 Å². The summed E-state index contributed by atoms with van der Waals surface area (Å²) < 4.78 is 23.3. The van der Waals surface area contributed by atoms with E-state index in [1.807, 2.05) is 0 Å². The van der Waals surface area contributed by atoms with Gasteiger partial charge in [-0.05, 0) is 32.0 Å². The Morgan fingerprint density at radius 1 is 1.44 bits per heavy atom. The van der Waals surface area contributed by atoms with Crippen LogP contribution in [0.25, 0.3) is 0 Å². The van der Waals surface area contributed by atoms with Gasteiger partial charge in [0.1, 0.15) is 29.6 Å². The first kappa shape index (κ1) is 12.5. The summed E-state index contributed by atoms with van der Waals surface area (Å²) in [6, 6.07) is 3.94. The number of hydrogen-bond donors (Lipinski definition) is 1. The Morgan fingerprint density at radius 2 is 2.22 bits per heavy atom. The molecule has 1 aromatic carbocycles. The zero-order valence-electron chi connectivity index (χ0n) is 10.2. The van der Waals surface area contributed by atoms with Crippen LogP contribution in [0.4, 0.5) is 4.39 Å². The fourth-order valence-corrected chi connectivity index (χ4v) is 1.53. The number of rotatable bonds is 4. The summed E-state index contributed by atoms with van der Waals surface area (Å²) in [7, 11) is 0. The lowest BCUT2D eigenvalue weighted by Gasteiger charge is -2.13. The minimum absolute atomic E-state index is 0.209. The molecule has 18 heavy (non-hydrogen) atoms. The topological polar surface area (TPSA) is 74.2 Å². The lowest BCUT2D eigenvalue weighted by molar-refractivity contribution is 0.267. The van der Waals surface area contributed by atoms with E-state index in [1.165, 1.54) is 12.1 Å². The van der Waals surface area contributed by atoms with Crippen LogP contribution in [0, 0.1) is 12.7 Å². The lowest BCUT2D eigenvalue weighted by atomic mass is 10.1. The first-order chi connectivity index (χ1) is 8.58. The van der Waals surface area contributed by atoms with Crippen molar-refractivity contribution in [3.8, 4) is 5.75 Å². The van der Waals surface area contributed by atoms with Crippen molar-refractivity contribution in [2.24, 2.45) is 5.73 Å². The number of benzene rings is 1. The number of hydrogen-bond acceptors (Lipinski definition) is 5. The highest BCUT2D eigenvalue weighted by molar-refractivity contribution is 5.36. The Bertz CT molecular complexity index is 540. The molecule has 0 aliphatic carbocycles. The van der Waals surface area contributed by atoms with Gasteiger partial charge in [-0.25, -0.2) is 9.02 Å². The molecule has 5 nitrogen and oxygen atoms in total. The summed E-state index contributed by atoms with van der Waals surface area (Å²) >= 11 is 0. The fourth-order valence-electron chi connectivity index (χ4n) is 1.53. The molecule has 2 rings (SSSR count). The van der Waals surface area contributed by atoms with E-state index in [1.54, 1.807) is 19.9 Å². The Labute approximate surface area is 104 Å². The number of aromatic nitrogens is 2. The van der Waals surface area contributed by atoms with Gasteiger partial charge in [0.2, 0.25) is 0 Å². The summed E-state index contributed by atoms with van der Waals surface area (Å²) in [4.78, 5) is 0. The average molecular weight is 251 g/mol. The van der Waals surface area contributed by atoms with Gasteiger partial charge in [0, 0.05) is 11.6 Å². The zero-order valence-corrected chi connectivity index (χ0v) is 10.2. The van der Waals surface area contributed by atoms with Gasteiger partial charge in [0.15, 0.2) is 0 Å². The molecular formula is C12H14FN3O2. The SMILES string of the molecule is Cc1nonc1COc1ccc(F)cc1[C@H](C)N. The van der Waals surface area contributed by atoms with Crippen molar-refractivity contribution in [2.75, 3.05) is 0 Å². The highest BCUT2D eigenvalue weighted by Crippen LogP contribution is 2.25. The van der Waals surface area contributed by atoms with Gasteiger partial charge in [-0.2, -0.15) is 0 Å².